The molecule has 0 aliphatic heterocycles. The Labute approximate surface area is 153 Å². The van der Waals surface area contributed by atoms with Crippen molar-refractivity contribution in [1.29, 1.82) is 0 Å². The molecule has 0 aliphatic carbocycles. The van der Waals surface area contributed by atoms with Gasteiger partial charge in [0.1, 0.15) is 22.2 Å². The van der Waals surface area contributed by atoms with E-state index in [4.69, 9.17) is 27.4 Å². The van der Waals surface area contributed by atoms with Crippen molar-refractivity contribution in [3.8, 4) is 17.2 Å². The van der Waals surface area contributed by atoms with Crippen molar-refractivity contribution in [2.24, 2.45) is 5.73 Å². The first-order valence-corrected chi connectivity index (χ1v) is 8.51. The molecule has 2 aromatic carbocycles. The van der Waals surface area contributed by atoms with Gasteiger partial charge in [-0.3, -0.25) is 0 Å². The third-order valence-corrected chi connectivity index (χ3v) is 4.74. The highest BCUT2D eigenvalue weighted by Gasteiger charge is 2.11. The highest BCUT2D eigenvalue weighted by atomic mass is 79.9. The molecule has 0 aromatic heterocycles. The second-order valence-corrected chi connectivity index (χ2v) is 7.03. The summed E-state index contributed by atoms with van der Waals surface area (Å²) in [6.45, 7) is 0. The summed E-state index contributed by atoms with van der Waals surface area (Å²) in [5.74, 6) is 2.04. The molecule has 0 bridgehead atoms. The average Bonchev–Trinajstić information content (AvgIpc) is 2.44. The van der Waals surface area contributed by atoms with E-state index in [1.165, 1.54) is 0 Å². The van der Waals surface area contributed by atoms with E-state index in [2.05, 4.69) is 47.8 Å². The second kappa shape index (κ2) is 7.09. The van der Waals surface area contributed by atoms with E-state index in [1.54, 1.807) is 7.11 Å². The van der Waals surface area contributed by atoms with Crippen LogP contribution in [0.4, 0.5) is 0 Å². The molecule has 3 nitrogen and oxygen atoms in total. The minimum atomic E-state index is 0.343. The highest BCUT2D eigenvalue weighted by Crippen LogP contribution is 2.39. The maximum Gasteiger partial charge on any atom is 0.143 e. The predicted molar refractivity (Wildman–Crippen MR) is 98.5 cm³/mol. The summed E-state index contributed by atoms with van der Waals surface area (Å²) < 4.78 is 13.5. The number of halogens is 3. The van der Waals surface area contributed by atoms with Crippen LogP contribution in [0.2, 0.25) is 0 Å². The van der Waals surface area contributed by atoms with Crippen LogP contribution in [-0.4, -0.2) is 12.1 Å². The Morgan fingerprint density at radius 3 is 2.10 bits per heavy atom. The molecule has 0 saturated heterocycles. The second-order valence-electron chi connectivity index (χ2n) is 4.03. The minimum absolute atomic E-state index is 0.343. The molecule has 0 heterocycles. The number of benzene rings is 2. The van der Waals surface area contributed by atoms with Gasteiger partial charge in [0.25, 0.3) is 0 Å². The molecule has 110 valence electrons. The Morgan fingerprint density at radius 1 is 0.952 bits per heavy atom. The van der Waals surface area contributed by atoms with Gasteiger partial charge in [-0.05, 0) is 78.1 Å². The van der Waals surface area contributed by atoms with Crippen LogP contribution in [0.25, 0.3) is 0 Å². The normalized spacial score (nSPS) is 10.3. The zero-order valence-corrected chi connectivity index (χ0v) is 16.4. The highest BCUT2D eigenvalue weighted by molar-refractivity contribution is 9.11. The van der Waals surface area contributed by atoms with Crippen LogP contribution in [0.15, 0.2) is 43.7 Å². The zero-order chi connectivity index (χ0) is 15.6. The summed E-state index contributed by atoms with van der Waals surface area (Å²) >= 11 is 15.3. The van der Waals surface area contributed by atoms with Gasteiger partial charge >= 0.3 is 0 Å². The van der Waals surface area contributed by atoms with E-state index >= 15 is 0 Å². The van der Waals surface area contributed by atoms with Crippen molar-refractivity contribution >= 4 is 65.0 Å². The summed E-state index contributed by atoms with van der Waals surface area (Å²) in [4.78, 5) is 0.343. The van der Waals surface area contributed by atoms with E-state index in [0.717, 1.165) is 24.7 Å². The average molecular weight is 496 g/mol. The lowest BCUT2D eigenvalue weighted by molar-refractivity contribution is 0.409. The molecular formula is C14H10Br3NO2S. The van der Waals surface area contributed by atoms with Gasteiger partial charge < -0.3 is 15.2 Å². The topological polar surface area (TPSA) is 44.5 Å². The van der Waals surface area contributed by atoms with Crippen LogP contribution in [0.5, 0.6) is 17.2 Å². The Bertz CT molecular complexity index is 707. The van der Waals surface area contributed by atoms with E-state index in [0.29, 0.717) is 16.5 Å². The molecule has 0 spiro atoms. The maximum atomic E-state index is 5.89. The molecule has 0 aliphatic rings. The first kappa shape index (κ1) is 16.7. The van der Waals surface area contributed by atoms with Gasteiger partial charge in [-0.2, -0.15) is 0 Å². The van der Waals surface area contributed by atoms with Crippen molar-refractivity contribution in [2.45, 2.75) is 0 Å². The van der Waals surface area contributed by atoms with Crippen LogP contribution < -0.4 is 15.2 Å². The minimum Gasteiger partial charge on any atom is -0.496 e. The molecule has 21 heavy (non-hydrogen) atoms. The number of thiocarbonyl (C=S) groups is 1. The molecule has 2 N–H and O–H groups in total. The quantitative estimate of drug-likeness (QED) is 0.576. The van der Waals surface area contributed by atoms with Crippen molar-refractivity contribution < 1.29 is 9.47 Å². The zero-order valence-electron chi connectivity index (χ0n) is 10.8. The van der Waals surface area contributed by atoms with Gasteiger partial charge in [0, 0.05) is 5.56 Å². The van der Waals surface area contributed by atoms with Gasteiger partial charge in [-0.15, -0.1) is 0 Å². The SMILES string of the molecule is COc1cc(Br)c(Oc2ccc(C(N)=S)cc2Br)cc1Br. The van der Waals surface area contributed by atoms with Crippen LogP contribution >= 0.6 is 60.0 Å². The predicted octanol–water partition coefficient (Wildman–Crippen LogP) is 5.41. The monoisotopic (exact) mass is 493 g/mol. The molecule has 2 aromatic rings. The lowest BCUT2D eigenvalue weighted by atomic mass is 10.2. The van der Waals surface area contributed by atoms with Gasteiger partial charge in [-0.25, -0.2) is 0 Å². The molecule has 0 unspecified atom stereocenters. The van der Waals surface area contributed by atoms with E-state index in [9.17, 15) is 0 Å². The fraction of sp³-hybridized carbons (Fsp3) is 0.0714. The van der Waals surface area contributed by atoms with Crippen molar-refractivity contribution in [3.63, 3.8) is 0 Å². The van der Waals surface area contributed by atoms with Crippen molar-refractivity contribution in [2.75, 3.05) is 7.11 Å². The number of rotatable bonds is 4. The molecule has 2 rings (SSSR count). The van der Waals surface area contributed by atoms with Crippen LogP contribution in [0, 0.1) is 0 Å². The lowest BCUT2D eigenvalue weighted by Gasteiger charge is -2.12. The summed E-state index contributed by atoms with van der Waals surface area (Å²) in [5.41, 5.74) is 6.38. The summed E-state index contributed by atoms with van der Waals surface area (Å²) in [6.07, 6.45) is 0. The fourth-order valence-electron chi connectivity index (χ4n) is 1.60. The number of methoxy groups -OCH3 is 1. The molecule has 0 amide bonds. The standard InChI is InChI=1S/C14H10Br3NO2S/c1-19-12-5-10(17)13(6-9(12)16)20-11-3-2-7(14(18)21)4-8(11)15/h2-6H,1H3,(H2,18,21). The van der Waals surface area contributed by atoms with Gasteiger partial charge in [0.05, 0.1) is 20.5 Å². The lowest BCUT2D eigenvalue weighted by Crippen LogP contribution is -2.09. The van der Waals surface area contributed by atoms with Crippen LogP contribution in [0.1, 0.15) is 5.56 Å². The summed E-state index contributed by atoms with van der Waals surface area (Å²) in [6, 6.07) is 9.11. The largest absolute Gasteiger partial charge is 0.496 e. The number of hydrogen-bond donors (Lipinski definition) is 1. The summed E-state index contributed by atoms with van der Waals surface area (Å²) in [7, 11) is 1.61. The molecule has 0 saturated carbocycles. The number of hydrogen-bond acceptors (Lipinski definition) is 3. The van der Waals surface area contributed by atoms with Crippen molar-refractivity contribution in [3.05, 3.63) is 49.3 Å². The first-order valence-electron chi connectivity index (χ1n) is 5.72. The third kappa shape index (κ3) is 3.97. The van der Waals surface area contributed by atoms with E-state index in [1.807, 2.05) is 30.3 Å². The number of nitrogens with two attached hydrogens (primary N) is 1. The third-order valence-electron chi connectivity index (χ3n) is 2.64. The smallest absolute Gasteiger partial charge is 0.143 e. The van der Waals surface area contributed by atoms with Gasteiger partial charge in [-0.1, -0.05) is 12.2 Å². The molecular weight excluding hydrogens is 486 g/mol. The molecule has 7 heteroatoms. The molecule has 0 radical (unpaired) electrons. The first-order chi connectivity index (χ1) is 9.92. The van der Waals surface area contributed by atoms with Gasteiger partial charge in [0.15, 0.2) is 0 Å². The maximum absolute atomic E-state index is 5.89. The van der Waals surface area contributed by atoms with Crippen molar-refractivity contribution in [1.82, 2.24) is 0 Å². The Balaban J connectivity index is 2.34. The Hall–Kier alpha value is -0.630. The summed E-state index contributed by atoms with van der Waals surface area (Å²) in [5, 5.41) is 0. The molecule has 0 atom stereocenters. The Kier molecular flexibility index (Phi) is 5.65. The number of ether oxygens (including phenoxy) is 2. The van der Waals surface area contributed by atoms with Crippen LogP contribution in [-0.2, 0) is 0 Å². The van der Waals surface area contributed by atoms with Crippen LogP contribution in [0.3, 0.4) is 0 Å². The molecule has 0 fully saturated rings. The van der Waals surface area contributed by atoms with Gasteiger partial charge in [0.2, 0.25) is 0 Å². The Morgan fingerprint density at radius 2 is 1.52 bits per heavy atom. The van der Waals surface area contributed by atoms with E-state index in [-0.39, 0.29) is 0 Å². The van der Waals surface area contributed by atoms with E-state index < -0.39 is 0 Å². The fourth-order valence-corrected chi connectivity index (χ4v) is 3.07.